The van der Waals surface area contributed by atoms with E-state index in [0.717, 1.165) is 37.7 Å². The number of ether oxygens (including phenoxy) is 1. The fraction of sp³-hybridized carbons (Fsp3) is 0.667. The van der Waals surface area contributed by atoms with Gasteiger partial charge in [-0.25, -0.2) is 0 Å². The fourth-order valence-corrected chi connectivity index (χ4v) is 6.65. The topological polar surface area (TPSA) is 130 Å². The molecule has 0 unspecified atom stereocenters. The Morgan fingerprint density at radius 2 is 1.90 bits per heavy atom. The van der Waals surface area contributed by atoms with E-state index in [1.54, 1.807) is 13.8 Å². The zero-order valence-corrected chi connectivity index (χ0v) is 21.4. The maximum Gasteiger partial charge on any atom is 1.00 e. The van der Waals surface area contributed by atoms with Gasteiger partial charge in [0.15, 0.2) is 0 Å². The molecule has 4 rings (SSSR count). The van der Waals surface area contributed by atoms with E-state index in [9.17, 15) is 19.5 Å². The first-order valence-electron chi connectivity index (χ1n) is 10.3. The van der Waals surface area contributed by atoms with E-state index < -0.39 is 22.8 Å². The summed E-state index contributed by atoms with van der Waals surface area (Å²) in [5, 5.41) is 14.1. The van der Waals surface area contributed by atoms with Gasteiger partial charge in [0.2, 0.25) is 5.91 Å². The van der Waals surface area contributed by atoms with Crippen LogP contribution in [0.4, 0.5) is 0 Å². The number of carboxylic acid groups (broad SMARTS) is 1. The van der Waals surface area contributed by atoms with Crippen molar-refractivity contribution in [1.82, 2.24) is 10.2 Å². The second kappa shape index (κ2) is 9.87. The number of hydrogen-bond acceptors (Lipinski definition) is 6. The largest absolute Gasteiger partial charge is 1.00 e. The number of carbonyl (C=O) groups is 3. The molecule has 2 fully saturated rings. The molecule has 2 amide bonds. The molecule has 10 heteroatoms. The summed E-state index contributed by atoms with van der Waals surface area (Å²) >= 11 is 1.40. The van der Waals surface area contributed by atoms with E-state index in [-0.39, 0.29) is 52.2 Å². The molecule has 4 aliphatic rings. The predicted molar refractivity (Wildman–Crippen MR) is 110 cm³/mol. The van der Waals surface area contributed by atoms with E-state index >= 15 is 0 Å². The third-order valence-corrected chi connectivity index (χ3v) is 7.88. The average molecular weight is 461 g/mol. The second-order valence-electron chi connectivity index (χ2n) is 8.55. The first kappa shape index (κ1) is 26.3. The molecule has 0 spiro atoms. The molecule has 0 bridgehead atoms. The second-order valence-corrected chi connectivity index (χ2v) is 10.3. The van der Waals surface area contributed by atoms with Crippen molar-refractivity contribution in [2.75, 3.05) is 6.61 Å². The summed E-state index contributed by atoms with van der Waals surface area (Å²) in [6, 6.07) is -1.71. The number of nitrogens with zero attached hydrogens (tertiary/aromatic N) is 1. The van der Waals surface area contributed by atoms with Crippen LogP contribution in [0.3, 0.4) is 0 Å². The number of carbonyl (C=O) groups excluding carboxylic acids is 3. The first-order valence-corrected chi connectivity index (χ1v) is 11.2. The van der Waals surface area contributed by atoms with Crippen LogP contribution < -0.4 is 40.0 Å². The van der Waals surface area contributed by atoms with Gasteiger partial charge in [-0.2, -0.15) is 0 Å². The predicted octanol–water partition coefficient (Wildman–Crippen LogP) is -2.58. The summed E-state index contributed by atoms with van der Waals surface area (Å²) in [4.78, 5) is 38.9. The van der Waals surface area contributed by atoms with Gasteiger partial charge < -0.3 is 30.3 Å². The Balaban J connectivity index is 0.00000171. The van der Waals surface area contributed by atoms with Crippen molar-refractivity contribution in [3.63, 3.8) is 0 Å². The zero-order chi connectivity index (χ0) is 20.9. The maximum absolute atomic E-state index is 13.3. The number of fused-ring (bicyclic) bond motifs is 1. The molecular weight excluding hydrogens is 431 g/mol. The molecule has 3 atom stereocenters. The quantitative estimate of drug-likeness (QED) is 0.354. The first-order chi connectivity index (χ1) is 13.8. The van der Waals surface area contributed by atoms with Crippen LogP contribution in [0.25, 0.3) is 0 Å². The van der Waals surface area contributed by atoms with Gasteiger partial charge in [0.05, 0.1) is 24.2 Å². The number of nitrogens with one attached hydrogen (secondary N) is 1. The van der Waals surface area contributed by atoms with Gasteiger partial charge >= 0.3 is 29.6 Å². The minimum Gasteiger partial charge on any atom is -0.548 e. The summed E-state index contributed by atoms with van der Waals surface area (Å²) in [5.74, 6) is -1.19. The van der Waals surface area contributed by atoms with Crippen molar-refractivity contribution in [3.05, 3.63) is 22.5 Å². The maximum atomic E-state index is 13.3. The van der Waals surface area contributed by atoms with Gasteiger partial charge in [0, 0.05) is 11.2 Å². The van der Waals surface area contributed by atoms with E-state index in [1.165, 1.54) is 22.2 Å². The summed E-state index contributed by atoms with van der Waals surface area (Å²) in [6.07, 6.45) is 5.70. The van der Waals surface area contributed by atoms with Gasteiger partial charge in [0.25, 0.3) is 5.91 Å². The number of hydrogen-bond donors (Lipinski definition) is 1. The Kier molecular flexibility index (Phi) is 8.36. The minimum atomic E-state index is -1.26. The van der Waals surface area contributed by atoms with E-state index in [4.69, 9.17) is 4.74 Å². The van der Waals surface area contributed by atoms with Crippen LogP contribution in [0.15, 0.2) is 22.5 Å². The molecule has 0 aromatic rings. The molecule has 2 aliphatic carbocycles. The van der Waals surface area contributed by atoms with Gasteiger partial charge in [-0.15, -0.1) is 11.8 Å². The van der Waals surface area contributed by atoms with Crippen LogP contribution >= 0.6 is 11.8 Å². The van der Waals surface area contributed by atoms with Crippen LogP contribution in [-0.2, 0) is 19.1 Å². The fourth-order valence-electron chi connectivity index (χ4n) is 5.03. The van der Waals surface area contributed by atoms with E-state index in [2.05, 4.69) is 5.32 Å². The number of rotatable bonds is 5. The van der Waals surface area contributed by atoms with Crippen molar-refractivity contribution >= 4 is 29.5 Å². The van der Waals surface area contributed by atoms with E-state index in [1.807, 2.05) is 6.92 Å². The van der Waals surface area contributed by atoms with Crippen molar-refractivity contribution in [3.8, 4) is 0 Å². The molecule has 8 nitrogen and oxygen atoms in total. The Morgan fingerprint density at radius 3 is 2.55 bits per heavy atom. The number of thioether (sulfide) groups is 1. The van der Waals surface area contributed by atoms with Gasteiger partial charge in [-0.1, -0.05) is 5.57 Å². The standard InChI is InChI=1S/C21H28N2O5S.Na.H2O/c1-4-28-13-10-9-11-7-5-6-8-12(11)14(13)17(24)22-15-18(25)23-16(20(26)27)21(2,3)29-19(15)23;;/h15-16,19H,4-10H2,1-3H3,(H,22,24)(H,26,27);;1H2/q;+1;/p-1/t15-,16+,19-;;/m1../s1. The molecule has 0 aromatic heterocycles. The van der Waals surface area contributed by atoms with Crippen LogP contribution in [0.1, 0.15) is 59.3 Å². The number of aliphatic carboxylic acids is 1. The molecule has 0 aromatic carbocycles. The third-order valence-electron chi connectivity index (χ3n) is 6.31. The van der Waals surface area contributed by atoms with Gasteiger partial charge in [-0.3, -0.25) is 9.59 Å². The number of allylic oxidation sites excluding steroid dienone is 2. The Bertz CT molecular complexity index is 840. The monoisotopic (exact) mass is 460 g/mol. The third kappa shape index (κ3) is 4.44. The van der Waals surface area contributed by atoms with Gasteiger partial charge in [-0.05, 0) is 58.4 Å². The van der Waals surface area contributed by atoms with Crippen LogP contribution in [0, 0.1) is 0 Å². The van der Waals surface area contributed by atoms with E-state index in [0.29, 0.717) is 24.4 Å². The van der Waals surface area contributed by atoms with Crippen molar-refractivity contribution in [1.29, 1.82) is 0 Å². The molecule has 2 heterocycles. The molecular formula is C21H29N2NaO6S. The summed E-state index contributed by atoms with van der Waals surface area (Å²) in [6.45, 7) is 5.97. The summed E-state index contributed by atoms with van der Waals surface area (Å²) in [5.41, 5.74) is 3.01. The smallest absolute Gasteiger partial charge is 0.548 e. The Labute approximate surface area is 208 Å². The van der Waals surface area contributed by atoms with Gasteiger partial charge in [0.1, 0.15) is 17.2 Å². The average Bonchev–Trinajstić information content (AvgIpc) is 2.94. The molecule has 0 radical (unpaired) electrons. The van der Waals surface area contributed by atoms with Crippen molar-refractivity contribution < 1.29 is 59.3 Å². The summed E-state index contributed by atoms with van der Waals surface area (Å²) in [7, 11) is 0. The Hall–Kier alpha value is -1.000. The van der Waals surface area contributed by atoms with Crippen LogP contribution in [0.2, 0.25) is 0 Å². The van der Waals surface area contributed by atoms with Crippen LogP contribution in [-0.4, -0.2) is 57.0 Å². The molecule has 166 valence electrons. The Morgan fingerprint density at radius 1 is 1.23 bits per heavy atom. The molecule has 31 heavy (non-hydrogen) atoms. The number of carboxylic acids is 1. The normalized spacial score (nSPS) is 28.5. The van der Waals surface area contributed by atoms with Crippen molar-refractivity contribution in [2.24, 2.45) is 0 Å². The molecule has 3 N–H and O–H groups in total. The summed E-state index contributed by atoms with van der Waals surface area (Å²) < 4.78 is 5.12. The SMILES string of the molecule is CCOC1=C(C(=O)N[C@@H]2C(=O)N3[C@@H]2SC(C)(C)[C@@H]3C(=O)[O-])C2=C(CCCC2)CC1.O.[Na+]. The zero-order valence-electron chi connectivity index (χ0n) is 18.6. The number of amides is 2. The minimum absolute atomic E-state index is 0. The number of β-lactam (4-membered cyclic amide) rings is 1. The van der Waals surface area contributed by atoms with Crippen molar-refractivity contribution in [2.45, 2.75) is 81.5 Å². The molecule has 2 aliphatic heterocycles. The van der Waals surface area contributed by atoms with Crippen LogP contribution in [0.5, 0.6) is 0 Å². The molecule has 2 saturated heterocycles. The molecule has 0 saturated carbocycles.